The molecule has 6 atom stereocenters. The zero-order valence-corrected chi connectivity index (χ0v) is 59.2. The van der Waals surface area contributed by atoms with Crippen molar-refractivity contribution in [3.05, 3.63) is 144 Å². The van der Waals surface area contributed by atoms with Crippen LogP contribution >= 0.6 is 0 Å². The highest BCUT2D eigenvalue weighted by atomic mass is 16.7. The molecule has 5 rings (SSSR count). The zero-order chi connectivity index (χ0) is 70.8. The van der Waals surface area contributed by atoms with Crippen molar-refractivity contribution in [2.75, 3.05) is 13.2 Å². The summed E-state index contributed by atoms with van der Waals surface area (Å²) in [7, 11) is 0. The molecular weight excluding hydrogens is 1260 g/mol. The largest absolute Gasteiger partial charge is 0.461 e. The number of esters is 5. The molecule has 0 saturated carbocycles. The molecule has 1 aliphatic rings. The number of amides is 3. The van der Waals surface area contributed by atoms with Crippen molar-refractivity contribution in [3.8, 4) is 0 Å². The van der Waals surface area contributed by atoms with Gasteiger partial charge in [-0.2, -0.15) is 0 Å². The molecule has 4 aromatic carbocycles. The van der Waals surface area contributed by atoms with Crippen molar-refractivity contribution >= 4 is 47.6 Å². The maximum Gasteiger partial charge on any atom is 0.328 e. The van der Waals surface area contributed by atoms with Gasteiger partial charge in [0.15, 0.2) is 12.4 Å². The summed E-state index contributed by atoms with van der Waals surface area (Å²) in [5.41, 5.74) is 2.76. The summed E-state index contributed by atoms with van der Waals surface area (Å²) in [5, 5.41) is 21.1. The summed E-state index contributed by atoms with van der Waals surface area (Å²) in [6, 6.07) is 33.3. The maximum atomic E-state index is 14.4. The van der Waals surface area contributed by atoms with Gasteiger partial charge in [0.1, 0.15) is 50.7 Å². The molecule has 546 valence electrons. The second kappa shape index (κ2) is 51.6. The minimum absolute atomic E-state index is 0.0151. The van der Waals surface area contributed by atoms with E-state index in [1.165, 1.54) is 64.2 Å². The fraction of sp³-hybridized carbons (Fsp3) is 0.600. The van der Waals surface area contributed by atoms with E-state index in [1.807, 2.05) is 48.5 Å². The molecule has 4 N–H and O–H groups in total. The number of carbonyl (C=O) groups excluding carboxylic acids is 8. The van der Waals surface area contributed by atoms with Crippen LogP contribution < -0.4 is 16.0 Å². The van der Waals surface area contributed by atoms with Crippen LogP contribution in [0.1, 0.15) is 259 Å². The second-order valence-corrected chi connectivity index (χ2v) is 26.2. The quantitative estimate of drug-likeness (QED) is 0.0182. The molecule has 0 spiro atoms. The molecule has 19 heteroatoms. The van der Waals surface area contributed by atoms with E-state index in [2.05, 4.69) is 29.8 Å². The molecule has 1 fully saturated rings. The fourth-order valence-corrected chi connectivity index (χ4v) is 11.8. The summed E-state index contributed by atoms with van der Waals surface area (Å²) in [5.74, 6) is -4.84. The Morgan fingerprint density at radius 1 is 0.455 bits per heavy atom. The van der Waals surface area contributed by atoms with Gasteiger partial charge in [0, 0.05) is 37.8 Å². The number of ether oxygens (including phenoxy) is 7. The normalized spacial score (nSPS) is 16.1. The van der Waals surface area contributed by atoms with Crippen molar-refractivity contribution in [2.24, 2.45) is 0 Å². The van der Waals surface area contributed by atoms with Crippen LogP contribution in [-0.4, -0.2) is 109 Å². The van der Waals surface area contributed by atoms with Crippen LogP contribution in [0.3, 0.4) is 0 Å². The van der Waals surface area contributed by atoms with Gasteiger partial charge >= 0.3 is 29.8 Å². The smallest absolute Gasteiger partial charge is 0.328 e. The van der Waals surface area contributed by atoms with Crippen molar-refractivity contribution < 1.29 is 76.6 Å². The number of rotatable bonds is 54. The van der Waals surface area contributed by atoms with E-state index in [4.69, 9.17) is 33.2 Å². The lowest BCUT2D eigenvalue weighted by atomic mass is 9.95. The lowest BCUT2D eigenvalue weighted by Crippen LogP contribution is -2.66. The summed E-state index contributed by atoms with van der Waals surface area (Å²) < 4.78 is 42.2. The molecule has 1 aliphatic heterocycles. The number of hydrogen-bond donors (Lipinski definition) is 4. The van der Waals surface area contributed by atoms with Crippen LogP contribution in [0, 0.1) is 0 Å². The molecule has 4 aromatic rings. The number of hydrogen-bond acceptors (Lipinski definition) is 16. The molecule has 0 radical (unpaired) electrons. The minimum atomic E-state index is -1.78. The predicted octanol–water partition coefficient (Wildman–Crippen LogP) is 14.8. The lowest BCUT2D eigenvalue weighted by Gasteiger charge is -2.44. The Morgan fingerprint density at radius 2 is 0.869 bits per heavy atom. The Balaban J connectivity index is 1.37. The molecule has 1 heterocycles. The highest BCUT2D eigenvalue weighted by molar-refractivity contribution is 5.94. The van der Waals surface area contributed by atoms with E-state index in [0.717, 1.165) is 89.0 Å². The van der Waals surface area contributed by atoms with Gasteiger partial charge in [0.2, 0.25) is 11.8 Å². The third-order valence-corrected chi connectivity index (χ3v) is 17.7. The van der Waals surface area contributed by atoms with Crippen LogP contribution in [0.15, 0.2) is 121 Å². The zero-order valence-electron chi connectivity index (χ0n) is 59.2. The van der Waals surface area contributed by atoms with Crippen LogP contribution in [-0.2, 0) is 86.5 Å². The number of carbonyl (C=O) groups is 8. The first-order chi connectivity index (χ1) is 48.3. The first-order valence-electron chi connectivity index (χ1n) is 37.2. The van der Waals surface area contributed by atoms with Gasteiger partial charge < -0.3 is 54.2 Å². The van der Waals surface area contributed by atoms with E-state index in [0.29, 0.717) is 48.9 Å². The molecule has 1 saturated heterocycles. The van der Waals surface area contributed by atoms with Gasteiger partial charge in [0.25, 0.3) is 5.91 Å². The van der Waals surface area contributed by atoms with E-state index >= 15 is 0 Å². The number of aliphatic hydroxyl groups excluding tert-OH is 1. The standard InChI is InChI=1S/C80H115N3O16/c1-3-5-7-9-11-13-15-17-19-22-39-51-70(85)83-75-77(99-72(87)52-40-24-20-18-16-14-12-10-8-6-4-2)76(90)68(98-80(75)97-66(56-73(88)94-59-63-44-32-27-33-45-63)57-74(89)95-60-64-46-34-28-35-47-64)61-96-79(92)67(53-54-71(86)93-58-62-42-30-26-31-43-62)82-69(84)50-38-23-21-25-41-55-81-78(91)65-48-36-29-37-49-65/h26-37,42-49,66-68,75-77,80,90H,3-25,38-41,50-61H2,1-2H3,(H,81,91)(H,82,84)(H,83,85)/t67-,68-,75-,76-,77-,80+/m1/s1. The Hall–Kier alpha value is -7.48. The maximum absolute atomic E-state index is 14.4. The molecule has 0 aromatic heterocycles. The molecule has 0 unspecified atom stereocenters. The number of unbranched alkanes of at least 4 members (excludes halogenated alkanes) is 24. The third-order valence-electron chi connectivity index (χ3n) is 17.7. The van der Waals surface area contributed by atoms with E-state index in [1.54, 1.807) is 72.8 Å². The summed E-state index contributed by atoms with van der Waals surface area (Å²) >= 11 is 0. The SMILES string of the molecule is CCCCCCCCCCCCCC(=O)N[C@H]1[C@@H](OC(CC(=O)OCc2ccccc2)CC(=O)OCc2ccccc2)O[C@H](COC(=O)[C@@H](CCC(=O)OCc2ccccc2)NC(=O)CCCCCCCNC(=O)c2ccccc2)[C@@H](O)[C@@H]1OC(=O)CCCCCCCCCCCCC. The van der Waals surface area contributed by atoms with Gasteiger partial charge in [-0.05, 0) is 60.9 Å². The van der Waals surface area contributed by atoms with Crippen LogP contribution in [0.4, 0.5) is 0 Å². The summed E-state index contributed by atoms with van der Waals surface area (Å²) in [6.07, 6.45) is 17.4. The van der Waals surface area contributed by atoms with E-state index in [9.17, 15) is 43.5 Å². The predicted molar refractivity (Wildman–Crippen MR) is 380 cm³/mol. The molecule has 0 aliphatic carbocycles. The fourth-order valence-electron chi connectivity index (χ4n) is 11.8. The van der Waals surface area contributed by atoms with Crippen LogP contribution in [0.2, 0.25) is 0 Å². The van der Waals surface area contributed by atoms with E-state index < -0.39 is 104 Å². The first kappa shape index (κ1) is 82.2. The average Bonchev–Trinajstić information content (AvgIpc) is 0.803. The Morgan fingerprint density at radius 3 is 1.34 bits per heavy atom. The molecule has 99 heavy (non-hydrogen) atoms. The molecule has 3 amide bonds. The third kappa shape index (κ3) is 37.0. The van der Waals surface area contributed by atoms with Gasteiger partial charge in [-0.15, -0.1) is 0 Å². The highest BCUT2D eigenvalue weighted by Crippen LogP contribution is 2.29. The van der Waals surface area contributed by atoms with Gasteiger partial charge in [-0.25, -0.2) is 4.79 Å². The molecule has 0 bridgehead atoms. The lowest BCUT2D eigenvalue weighted by molar-refractivity contribution is -0.286. The van der Waals surface area contributed by atoms with Crippen molar-refractivity contribution in [2.45, 2.75) is 295 Å². The number of nitrogens with one attached hydrogen (secondary N) is 3. The first-order valence-corrected chi connectivity index (χ1v) is 37.2. The topological polar surface area (TPSA) is 257 Å². The van der Waals surface area contributed by atoms with Crippen LogP contribution in [0.5, 0.6) is 0 Å². The van der Waals surface area contributed by atoms with Gasteiger partial charge in [0.05, 0.1) is 18.9 Å². The van der Waals surface area contributed by atoms with Gasteiger partial charge in [-0.3, -0.25) is 33.6 Å². The Labute approximate surface area is 589 Å². The number of benzene rings is 4. The molecular formula is C80H115N3O16. The van der Waals surface area contributed by atoms with Crippen molar-refractivity contribution in [1.29, 1.82) is 0 Å². The van der Waals surface area contributed by atoms with Crippen LogP contribution in [0.25, 0.3) is 0 Å². The van der Waals surface area contributed by atoms with E-state index in [-0.39, 0.29) is 57.8 Å². The Bertz CT molecular complexity index is 2810. The monoisotopic (exact) mass is 1370 g/mol. The Kier molecular flexibility index (Phi) is 42.9. The summed E-state index contributed by atoms with van der Waals surface area (Å²) in [6.45, 7) is 4.00. The minimum Gasteiger partial charge on any atom is -0.461 e. The number of aliphatic hydroxyl groups is 1. The average molecular weight is 1370 g/mol. The molecule has 19 nitrogen and oxygen atoms in total. The van der Waals surface area contributed by atoms with Crippen molar-refractivity contribution in [1.82, 2.24) is 16.0 Å². The van der Waals surface area contributed by atoms with Crippen molar-refractivity contribution in [3.63, 3.8) is 0 Å². The highest BCUT2D eigenvalue weighted by Gasteiger charge is 2.50. The van der Waals surface area contributed by atoms with Gasteiger partial charge in [-0.1, -0.05) is 271 Å². The second-order valence-electron chi connectivity index (χ2n) is 26.2. The summed E-state index contributed by atoms with van der Waals surface area (Å²) in [4.78, 5) is 110.